The first-order valence-corrected chi connectivity index (χ1v) is 29.3. The van der Waals surface area contributed by atoms with E-state index in [9.17, 15) is 9.59 Å². The van der Waals surface area contributed by atoms with Gasteiger partial charge in [-0.1, -0.05) is 83.2 Å². The summed E-state index contributed by atoms with van der Waals surface area (Å²) in [7, 11) is 0. The molecule has 12 saturated heterocycles. The van der Waals surface area contributed by atoms with Crippen LogP contribution in [0, 0.1) is 70.0 Å². The van der Waals surface area contributed by atoms with E-state index in [0.717, 1.165) is 70.6 Å². The van der Waals surface area contributed by atoms with Gasteiger partial charge in [0.15, 0.2) is 22.6 Å². The molecule has 0 N–H and O–H groups in total. The quantitative estimate of drug-likeness (QED) is 0.0564. The molecule has 12 heterocycles. The van der Waals surface area contributed by atoms with Gasteiger partial charge in [-0.05, 0) is 122 Å². The second-order valence-electron chi connectivity index (χ2n) is 26.6. The molecule has 3 aliphatic carbocycles. The highest BCUT2D eigenvalue weighted by atomic mass is 17.3. The zero-order chi connectivity index (χ0) is 52.0. The van der Waals surface area contributed by atoms with E-state index >= 15 is 9.59 Å². The normalized spacial score (nSPS) is 51.0. The highest BCUT2D eigenvalue weighted by molar-refractivity contribution is 5.96. The molecule has 3 saturated carbocycles. The molecule has 3 spiro atoms. The third-order valence-electron chi connectivity index (χ3n) is 22.5. The van der Waals surface area contributed by atoms with Crippen molar-refractivity contribution >= 4 is 23.7 Å². The van der Waals surface area contributed by atoms with E-state index in [1.54, 1.807) is 0 Å². The minimum atomic E-state index is -1.40. The molecule has 21 atom stereocenters. The predicted octanol–water partition coefficient (Wildman–Crippen LogP) is 10.7. The molecular formula is C59H80O16. The zero-order valence-corrected chi connectivity index (χ0v) is 45.0. The number of carbonyl (C=O) groups excluding carboxylic acids is 4. The Bertz CT molecular complexity index is 2420. The Morgan fingerprint density at radius 2 is 0.973 bits per heavy atom. The largest absolute Gasteiger partial charge is 0.432 e. The van der Waals surface area contributed by atoms with Gasteiger partial charge in [0.1, 0.15) is 0 Å². The number of benzene rings is 1. The fraction of sp³-hybridized carbons (Fsp3) is 0.831. The fourth-order valence-electron chi connectivity index (χ4n) is 18.6. The molecule has 6 bridgehead atoms. The van der Waals surface area contributed by atoms with Crippen LogP contribution in [0.25, 0.3) is 0 Å². The summed E-state index contributed by atoms with van der Waals surface area (Å²) in [5, 5.41) is 0. The van der Waals surface area contributed by atoms with E-state index in [1.165, 1.54) is 0 Å². The first kappa shape index (κ1) is 51.4. The summed E-state index contributed by atoms with van der Waals surface area (Å²) in [5.74, 6) is -4.85. The predicted molar refractivity (Wildman–Crippen MR) is 262 cm³/mol. The van der Waals surface area contributed by atoms with Crippen LogP contribution in [0.2, 0.25) is 0 Å². The maximum atomic E-state index is 15.9. The molecule has 0 radical (unpaired) electrons. The first-order valence-electron chi connectivity index (χ1n) is 29.3. The fourth-order valence-corrected chi connectivity index (χ4v) is 18.6. The Morgan fingerprint density at radius 1 is 0.507 bits per heavy atom. The van der Waals surface area contributed by atoms with Crippen LogP contribution in [-0.2, 0) is 72.1 Å². The van der Waals surface area contributed by atoms with Crippen molar-refractivity contribution in [3.63, 3.8) is 0 Å². The number of hydrogen-bond donors (Lipinski definition) is 0. The van der Waals surface area contributed by atoms with Crippen molar-refractivity contribution < 1.29 is 76.9 Å². The standard InChI is InChI=1S/C59H80O16/c1-34-18-21-42-38(46(61)64-49-57(42)39(34)24-29-52(4,67-49)70-73-57)17-13-8-7-9-14-28-55(44-22-19-35(2)40-25-30-53(5)68-50(65-47(55)62)58(40,44)74-71-53)33-56(32-27-43(60)37-15-11-10-12-16-37)45-23-20-36(3)41-26-31-54(6)69-51(66-48(56)63)59(41,45)75-72-54/h10-12,15-16,34-36,38-42,44-45,49-51H,7-9,13-14,17-33H2,1-6H3/t34-,35-,36-,38+,39+,40+,41+,42+,44+,45+,49-,50-,51-,52-,53-,54-,55-,56?,57-,58-,59-/m1/s1. The maximum absolute atomic E-state index is 15.9. The van der Waals surface area contributed by atoms with Crippen molar-refractivity contribution in [3.05, 3.63) is 35.9 Å². The third-order valence-corrected chi connectivity index (χ3v) is 22.5. The number of hydrogen-bond acceptors (Lipinski definition) is 16. The monoisotopic (exact) mass is 1040 g/mol. The van der Waals surface area contributed by atoms with Crippen molar-refractivity contribution in [1.29, 1.82) is 0 Å². The van der Waals surface area contributed by atoms with Crippen LogP contribution in [0.1, 0.15) is 193 Å². The zero-order valence-electron chi connectivity index (χ0n) is 45.0. The smallest absolute Gasteiger partial charge is 0.314 e. The highest BCUT2D eigenvalue weighted by Crippen LogP contribution is 2.71. The molecule has 16 nitrogen and oxygen atoms in total. The van der Waals surface area contributed by atoms with E-state index in [2.05, 4.69) is 20.8 Å². The van der Waals surface area contributed by atoms with Gasteiger partial charge in [-0.15, -0.1) is 0 Å². The van der Waals surface area contributed by atoms with Crippen LogP contribution in [0.4, 0.5) is 0 Å². The second-order valence-corrected chi connectivity index (χ2v) is 26.6. The van der Waals surface area contributed by atoms with E-state index in [4.69, 9.17) is 57.7 Å². The topological polar surface area (TPSA) is 179 Å². The Morgan fingerprint density at radius 3 is 1.53 bits per heavy atom. The molecule has 16 heteroatoms. The van der Waals surface area contributed by atoms with E-state index < -0.39 is 87.6 Å². The summed E-state index contributed by atoms with van der Waals surface area (Å²) in [6.07, 6.45) is 11.4. The van der Waals surface area contributed by atoms with Crippen molar-refractivity contribution in [2.75, 3.05) is 0 Å². The van der Waals surface area contributed by atoms with Gasteiger partial charge < -0.3 is 28.4 Å². The average molecular weight is 1050 g/mol. The van der Waals surface area contributed by atoms with Crippen LogP contribution in [-0.4, -0.2) is 76.7 Å². The summed E-state index contributed by atoms with van der Waals surface area (Å²) in [5.41, 5.74) is -5.27. The van der Waals surface area contributed by atoms with Crippen molar-refractivity contribution in [1.82, 2.24) is 0 Å². The maximum Gasteiger partial charge on any atom is 0.314 e. The van der Waals surface area contributed by atoms with Gasteiger partial charge in [0.25, 0.3) is 0 Å². The number of unbranched alkanes of at least 4 members (excludes halogenated alkanes) is 4. The molecule has 412 valence electrons. The Balaban J connectivity index is 0.817. The number of ether oxygens (including phenoxy) is 6. The summed E-state index contributed by atoms with van der Waals surface area (Å²) in [4.78, 5) is 98.5. The van der Waals surface area contributed by atoms with Crippen LogP contribution in [0.5, 0.6) is 0 Å². The second kappa shape index (κ2) is 18.2. The van der Waals surface area contributed by atoms with Crippen LogP contribution in [0.3, 0.4) is 0 Å². The molecule has 1 aromatic carbocycles. The van der Waals surface area contributed by atoms with Crippen LogP contribution < -0.4 is 0 Å². The van der Waals surface area contributed by atoms with Gasteiger partial charge in [-0.2, -0.15) is 0 Å². The SMILES string of the molecule is C[C@@H]1CC[C@H]2[C@H](CCCCCCC[C@]3(CC4(CCC(=O)c5ccccc5)C(=O)O[C@@H]5O[C@@]6(C)CC[C@H]7[C@H](C)CC[C@@H]4[C@@]57OO6)C(=O)O[C@@H]4O[C@@]5(C)CC[C@H]6[C@H](C)CC[C@@H]3[C@@]46OO5)C(=O)O[C@@H]3O[C@@]4(C)CC[C@@H]1[C@]32OO4. The third kappa shape index (κ3) is 7.58. The van der Waals surface area contributed by atoms with Crippen LogP contribution in [0.15, 0.2) is 30.3 Å². The van der Waals surface area contributed by atoms with E-state index in [1.807, 2.05) is 51.1 Å². The van der Waals surface area contributed by atoms with Gasteiger partial charge in [0.05, 0.1) is 16.7 Å². The van der Waals surface area contributed by atoms with E-state index in [-0.39, 0.29) is 72.4 Å². The van der Waals surface area contributed by atoms with Gasteiger partial charge in [-0.3, -0.25) is 19.2 Å². The number of ketones is 1. The number of esters is 3. The lowest BCUT2D eigenvalue weighted by Crippen LogP contribution is -2.76. The lowest BCUT2D eigenvalue weighted by molar-refractivity contribution is -0.565. The number of carbonyl (C=O) groups is 4. The Kier molecular flexibility index (Phi) is 12.5. The molecular weight excluding hydrogens is 965 g/mol. The summed E-state index contributed by atoms with van der Waals surface area (Å²) in [6.45, 7) is 12.3. The molecule has 0 amide bonds. The van der Waals surface area contributed by atoms with Crippen molar-refractivity contribution in [2.45, 2.75) is 236 Å². The minimum Gasteiger partial charge on any atom is -0.432 e. The number of rotatable bonds is 14. The van der Waals surface area contributed by atoms with Gasteiger partial charge in [0, 0.05) is 66.8 Å². The van der Waals surface area contributed by atoms with Crippen molar-refractivity contribution in [2.24, 2.45) is 70.0 Å². The summed E-state index contributed by atoms with van der Waals surface area (Å²) in [6, 6.07) is 9.20. The van der Waals surface area contributed by atoms with Crippen molar-refractivity contribution in [3.8, 4) is 0 Å². The van der Waals surface area contributed by atoms with Gasteiger partial charge >= 0.3 is 17.9 Å². The molecule has 0 aromatic heterocycles. The molecule has 1 aromatic rings. The molecule has 75 heavy (non-hydrogen) atoms. The van der Waals surface area contributed by atoms with Gasteiger partial charge in [0.2, 0.25) is 36.2 Å². The molecule has 15 aliphatic rings. The molecule has 1 unspecified atom stereocenters. The average Bonchev–Trinajstić information content (AvgIpc) is 3.90. The number of fused-ring (bicyclic) bond motifs is 6. The molecule has 12 aliphatic heterocycles. The highest BCUT2D eigenvalue weighted by Gasteiger charge is 2.80. The summed E-state index contributed by atoms with van der Waals surface area (Å²) < 4.78 is 39.3. The molecule has 16 rings (SSSR count). The lowest BCUT2D eigenvalue weighted by Gasteiger charge is -2.65. The first-order chi connectivity index (χ1) is 35.9. The lowest BCUT2D eigenvalue weighted by atomic mass is 9.45. The van der Waals surface area contributed by atoms with Crippen LogP contribution >= 0.6 is 0 Å². The Hall–Kier alpha value is -3.06. The Labute approximate surface area is 440 Å². The summed E-state index contributed by atoms with van der Waals surface area (Å²) >= 11 is 0. The number of Topliss-reactive ketones (excluding diaryl/α,β-unsaturated/α-hetero) is 1. The minimum absolute atomic E-state index is 0.0444. The van der Waals surface area contributed by atoms with Gasteiger partial charge in [-0.25, -0.2) is 29.3 Å². The molecule has 15 fully saturated rings. The van der Waals surface area contributed by atoms with E-state index in [0.29, 0.717) is 62.8 Å².